The molecule has 1 heterocycles. The van der Waals surface area contributed by atoms with Crippen LogP contribution in [0.15, 0.2) is 30.3 Å². The second-order valence-corrected chi connectivity index (χ2v) is 5.27. The number of aliphatic hydroxyl groups is 1. The molecule has 0 aliphatic rings. The van der Waals surface area contributed by atoms with Gasteiger partial charge in [0.05, 0.1) is 12.2 Å². The summed E-state index contributed by atoms with van der Waals surface area (Å²) in [6.07, 6.45) is 0. The second kappa shape index (κ2) is 6.38. The Balaban J connectivity index is 2.37. The SMILES string of the molecule is CNC(=O)Nc1sc(-c2ccc(CO)cc2)cc1C(=O)O. The van der Waals surface area contributed by atoms with E-state index in [2.05, 4.69) is 10.6 Å². The highest BCUT2D eigenvalue weighted by atomic mass is 32.1. The maximum Gasteiger partial charge on any atom is 0.338 e. The van der Waals surface area contributed by atoms with Gasteiger partial charge in [-0.25, -0.2) is 9.59 Å². The minimum absolute atomic E-state index is 0.0461. The van der Waals surface area contributed by atoms with Crippen molar-refractivity contribution in [2.24, 2.45) is 0 Å². The molecule has 0 bridgehead atoms. The van der Waals surface area contributed by atoms with E-state index in [1.54, 1.807) is 24.3 Å². The Labute approximate surface area is 125 Å². The average molecular weight is 306 g/mol. The zero-order valence-electron chi connectivity index (χ0n) is 11.2. The zero-order chi connectivity index (χ0) is 15.4. The van der Waals surface area contributed by atoms with Crippen LogP contribution in [-0.4, -0.2) is 29.3 Å². The van der Waals surface area contributed by atoms with Crippen LogP contribution in [0.5, 0.6) is 0 Å². The first kappa shape index (κ1) is 15.0. The smallest absolute Gasteiger partial charge is 0.338 e. The minimum Gasteiger partial charge on any atom is -0.478 e. The van der Waals surface area contributed by atoms with E-state index in [1.807, 2.05) is 0 Å². The van der Waals surface area contributed by atoms with Crippen LogP contribution in [0.4, 0.5) is 9.80 Å². The first-order valence-electron chi connectivity index (χ1n) is 6.11. The summed E-state index contributed by atoms with van der Waals surface area (Å²) in [5, 5.41) is 23.4. The standard InChI is InChI=1S/C14H14N2O4S/c1-15-14(20)16-12-10(13(18)19)6-11(21-12)9-4-2-8(7-17)3-5-9/h2-6,17H,7H2,1H3,(H,18,19)(H2,15,16,20). The van der Waals surface area contributed by atoms with E-state index in [0.29, 0.717) is 0 Å². The quantitative estimate of drug-likeness (QED) is 0.697. The summed E-state index contributed by atoms with van der Waals surface area (Å²) < 4.78 is 0. The number of carboxylic acids is 1. The molecule has 2 aromatic rings. The lowest BCUT2D eigenvalue weighted by Crippen LogP contribution is -2.24. The van der Waals surface area contributed by atoms with Crippen LogP contribution in [0.3, 0.4) is 0 Å². The Morgan fingerprint density at radius 2 is 1.90 bits per heavy atom. The van der Waals surface area contributed by atoms with E-state index in [1.165, 1.54) is 24.5 Å². The molecule has 0 aliphatic heterocycles. The number of carbonyl (C=O) groups excluding carboxylic acids is 1. The van der Waals surface area contributed by atoms with Gasteiger partial charge in [-0.15, -0.1) is 11.3 Å². The number of anilines is 1. The highest BCUT2D eigenvalue weighted by Gasteiger charge is 2.17. The van der Waals surface area contributed by atoms with Gasteiger partial charge in [-0.2, -0.15) is 0 Å². The van der Waals surface area contributed by atoms with Crippen LogP contribution in [0.25, 0.3) is 10.4 Å². The van der Waals surface area contributed by atoms with Crippen molar-refractivity contribution in [3.05, 3.63) is 41.5 Å². The van der Waals surface area contributed by atoms with Gasteiger partial charge in [0.15, 0.2) is 0 Å². The van der Waals surface area contributed by atoms with Gasteiger partial charge >= 0.3 is 12.0 Å². The molecule has 0 saturated carbocycles. The molecule has 7 heteroatoms. The summed E-state index contributed by atoms with van der Waals surface area (Å²) in [5.41, 5.74) is 1.65. The van der Waals surface area contributed by atoms with Gasteiger partial charge in [0, 0.05) is 11.9 Å². The highest BCUT2D eigenvalue weighted by Crippen LogP contribution is 2.35. The van der Waals surface area contributed by atoms with Crippen molar-refractivity contribution in [1.82, 2.24) is 5.32 Å². The predicted octanol–water partition coefficient (Wildman–Crippen LogP) is 2.36. The Morgan fingerprint density at radius 3 is 2.43 bits per heavy atom. The Bertz CT molecular complexity index is 664. The van der Waals surface area contributed by atoms with Crippen molar-refractivity contribution in [3.8, 4) is 10.4 Å². The lowest BCUT2D eigenvalue weighted by Gasteiger charge is -2.02. The molecule has 1 aromatic carbocycles. The van der Waals surface area contributed by atoms with Crippen LogP contribution in [-0.2, 0) is 6.61 Å². The van der Waals surface area contributed by atoms with Crippen molar-refractivity contribution < 1.29 is 19.8 Å². The lowest BCUT2D eigenvalue weighted by molar-refractivity contribution is 0.0698. The largest absolute Gasteiger partial charge is 0.478 e. The summed E-state index contributed by atoms with van der Waals surface area (Å²) in [5.74, 6) is -1.10. The van der Waals surface area contributed by atoms with E-state index in [0.717, 1.165) is 16.0 Å². The molecule has 1 aromatic heterocycles. The molecule has 110 valence electrons. The number of hydrogen-bond donors (Lipinski definition) is 4. The van der Waals surface area contributed by atoms with Crippen LogP contribution in [0.1, 0.15) is 15.9 Å². The number of urea groups is 1. The van der Waals surface area contributed by atoms with Crippen molar-refractivity contribution in [1.29, 1.82) is 0 Å². The molecule has 0 unspecified atom stereocenters. The molecule has 4 N–H and O–H groups in total. The second-order valence-electron chi connectivity index (χ2n) is 4.22. The number of carbonyl (C=O) groups is 2. The first-order chi connectivity index (χ1) is 10.0. The van der Waals surface area contributed by atoms with Gasteiger partial charge in [-0.3, -0.25) is 5.32 Å². The summed E-state index contributed by atoms with van der Waals surface area (Å²) in [6.45, 7) is -0.0471. The van der Waals surface area contributed by atoms with E-state index in [4.69, 9.17) is 5.11 Å². The lowest BCUT2D eigenvalue weighted by atomic mass is 10.1. The number of amides is 2. The van der Waals surface area contributed by atoms with Crippen molar-refractivity contribution in [3.63, 3.8) is 0 Å². The van der Waals surface area contributed by atoms with Crippen molar-refractivity contribution >= 4 is 28.3 Å². The molecular weight excluding hydrogens is 292 g/mol. The van der Waals surface area contributed by atoms with E-state index in [-0.39, 0.29) is 17.2 Å². The minimum atomic E-state index is -1.10. The van der Waals surface area contributed by atoms with Gasteiger partial charge in [0.2, 0.25) is 0 Å². The number of benzene rings is 1. The van der Waals surface area contributed by atoms with Gasteiger partial charge in [0.1, 0.15) is 5.00 Å². The Hall–Kier alpha value is -2.38. The molecule has 21 heavy (non-hydrogen) atoms. The van der Waals surface area contributed by atoms with E-state index < -0.39 is 12.0 Å². The third-order valence-electron chi connectivity index (χ3n) is 2.84. The topological polar surface area (TPSA) is 98.7 Å². The molecular formula is C14H14N2O4S. The van der Waals surface area contributed by atoms with E-state index >= 15 is 0 Å². The van der Waals surface area contributed by atoms with Crippen LogP contribution in [0, 0.1) is 0 Å². The molecule has 0 spiro atoms. The first-order valence-corrected chi connectivity index (χ1v) is 6.93. The normalized spacial score (nSPS) is 10.2. The van der Waals surface area contributed by atoms with Crippen LogP contribution in [0.2, 0.25) is 0 Å². The molecule has 2 amide bonds. The maximum absolute atomic E-state index is 11.3. The number of carboxylic acid groups (broad SMARTS) is 1. The number of aromatic carboxylic acids is 1. The third kappa shape index (κ3) is 3.39. The number of hydrogen-bond acceptors (Lipinski definition) is 4. The van der Waals surface area contributed by atoms with E-state index in [9.17, 15) is 14.7 Å². The number of aliphatic hydroxyl groups excluding tert-OH is 1. The predicted molar refractivity (Wildman–Crippen MR) is 80.7 cm³/mol. The molecule has 0 radical (unpaired) electrons. The zero-order valence-corrected chi connectivity index (χ0v) is 12.0. The van der Waals surface area contributed by atoms with Gasteiger partial charge < -0.3 is 15.5 Å². The average Bonchev–Trinajstić information content (AvgIpc) is 2.91. The molecule has 0 aliphatic carbocycles. The highest BCUT2D eigenvalue weighted by molar-refractivity contribution is 7.20. The van der Waals surface area contributed by atoms with Crippen molar-refractivity contribution in [2.75, 3.05) is 12.4 Å². The Kier molecular flexibility index (Phi) is 4.56. The molecule has 2 rings (SSSR count). The van der Waals surface area contributed by atoms with Crippen molar-refractivity contribution in [2.45, 2.75) is 6.61 Å². The third-order valence-corrected chi connectivity index (χ3v) is 3.94. The van der Waals surface area contributed by atoms with Gasteiger partial charge in [0.25, 0.3) is 0 Å². The fourth-order valence-electron chi connectivity index (χ4n) is 1.73. The Morgan fingerprint density at radius 1 is 1.24 bits per heavy atom. The number of nitrogens with one attached hydrogen (secondary N) is 2. The molecule has 0 fully saturated rings. The monoisotopic (exact) mass is 306 g/mol. The van der Waals surface area contributed by atoms with Gasteiger partial charge in [-0.1, -0.05) is 24.3 Å². The maximum atomic E-state index is 11.3. The molecule has 6 nitrogen and oxygen atoms in total. The summed E-state index contributed by atoms with van der Waals surface area (Å²) >= 11 is 1.18. The fourth-order valence-corrected chi connectivity index (χ4v) is 2.78. The summed E-state index contributed by atoms with van der Waals surface area (Å²) in [4.78, 5) is 23.3. The number of rotatable bonds is 4. The summed E-state index contributed by atoms with van der Waals surface area (Å²) in [6, 6.07) is 8.18. The van der Waals surface area contributed by atoms with Gasteiger partial charge in [-0.05, 0) is 17.2 Å². The molecule has 0 atom stereocenters. The fraction of sp³-hybridized carbons (Fsp3) is 0.143. The molecule has 0 saturated heterocycles. The van der Waals surface area contributed by atoms with Crippen LogP contribution < -0.4 is 10.6 Å². The van der Waals surface area contributed by atoms with Crippen LogP contribution >= 0.6 is 11.3 Å². The number of thiophene rings is 1. The summed E-state index contributed by atoms with van der Waals surface area (Å²) in [7, 11) is 1.46.